The molecule has 2 aromatic heterocycles. The lowest BCUT2D eigenvalue weighted by Gasteiger charge is -2.17. The molecule has 1 atom stereocenters. The molecule has 33 heavy (non-hydrogen) atoms. The number of aromatic nitrogens is 4. The SMILES string of the molecule is CCNc1nc(N)cc(CCCn2ccn([C@@H](CC(=O)O)c3ccc4c(c3)OCC4)c2=O)n1. The number of imidazole rings is 1. The van der Waals surface area contributed by atoms with Gasteiger partial charge in [-0.1, -0.05) is 12.1 Å². The molecular weight excluding hydrogens is 424 g/mol. The van der Waals surface area contributed by atoms with Crippen LogP contribution in [0, 0.1) is 0 Å². The fourth-order valence-electron chi connectivity index (χ4n) is 4.08. The van der Waals surface area contributed by atoms with E-state index in [1.165, 1.54) is 4.57 Å². The van der Waals surface area contributed by atoms with Gasteiger partial charge in [-0.05, 0) is 37.0 Å². The van der Waals surface area contributed by atoms with Gasteiger partial charge in [0.25, 0.3) is 0 Å². The minimum atomic E-state index is -0.973. The van der Waals surface area contributed by atoms with Crippen LogP contribution in [0.5, 0.6) is 5.75 Å². The zero-order valence-electron chi connectivity index (χ0n) is 18.5. The number of aryl methyl sites for hydroxylation is 2. The Bertz CT molecular complexity index is 1200. The first kappa shape index (κ1) is 22.4. The summed E-state index contributed by atoms with van der Waals surface area (Å²) in [7, 11) is 0. The Kier molecular flexibility index (Phi) is 6.62. The summed E-state index contributed by atoms with van der Waals surface area (Å²) in [6, 6.07) is 6.79. The molecule has 10 heteroatoms. The number of aliphatic carboxylic acids is 1. The number of nitrogens with zero attached hydrogens (tertiary/aromatic N) is 4. The molecule has 0 aliphatic carbocycles. The summed E-state index contributed by atoms with van der Waals surface area (Å²) in [5, 5.41) is 12.5. The Hall–Kier alpha value is -3.82. The molecule has 0 radical (unpaired) electrons. The van der Waals surface area contributed by atoms with E-state index in [1.807, 2.05) is 25.1 Å². The first-order valence-electron chi connectivity index (χ1n) is 11.1. The molecule has 4 rings (SSSR count). The third kappa shape index (κ3) is 5.16. The number of anilines is 2. The van der Waals surface area contributed by atoms with Gasteiger partial charge in [-0.15, -0.1) is 0 Å². The van der Waals surface area contributed by atoms with Crippen LogP contribution in [0.3, 0.4) is 0 Å². The first-order valence-corrected chi connectivity index (χ1v) is 11.1. The predicted molar refractivity (Wildman–Crippen MR) is 124 cm³/mol. The maximum atomic E-state index is 13.1. The number of benzene rings is 1. The molecule has 10 nitrogen and oxygen atoms in total. The highest BCUT2D eigenvalue weighted by molar-refractivity contribution is 5.68. The molecule has 0 amide bonds. The molecule has 1 aliphatic rings. The van der Waals surface area contributed by atoms with Crippen molar-refractivity contribution < 1.29 is 14.6 Å². The predicted octanol–water partition coefficient (Wildman–Crippen LogP) is 2.09. The van der Waals surface area contributed by atoms with Crippen molar-refractivity contribution in [2.45, 2.75) is 45.2 Å². The van der Waals surface area contributed by atoms with Crippen molar-refractivity contribution in [3.05, 3.63) is 64.0 Å². The number of ether oxygens (including phenoxy) is 1. The smallest absolute Gasteiger partial charge is 0.328 e. The summed E-state index contributed by atoms with van der Waals surface area (Å²) in [4.78, 5) is 33.2. The molecule has 1 aliphatic heterocycles. The summed E-state index contributed by atoms with van der Waals surface area (Å²) in [5.41, 5.74) is 8.24. The molecule has 3 aromatic rings. The van der Waals surface area contributed by atoms with E-state index in [9.17, 15) is 14.7 Å². The highest BCUT2D eigenvalue weighted by Gasteiger charge is 2.23. The number of nitrogens with two attached hydrogens (primary N) is 1. The fraction of sp³-hybridized carbons (Fsp3) is 0.391. The van der Waals surface area contributed by atoms with Gasteiger partial charge in [0.2, 0.25) is 5.95 Å². The third-order valence-electron chi connectivity index (χ3n) is 5.65. The highest BCUT2D eigenvalue weighted by Crippen LogP contribution is 2.31. The lowest BCUT2D eigenvalue weighted by molar-refractivity contribution is -0.137. The molecule has 3 heterocycles. The van der Waals surface area contributed by atoms with Crippen LogP contribution in [-0.4, -0.2) is 43.3 Å². The monoisotopic (exact) mass is 452 g/mol. The second-order valence-electron chi connectivity index (χ2n) is 8.00. The van der Waals surface area contributed by atoms with Gasteiger partial charge in [0.05, 0.1) is 19.1 Å². The zero-order chi connectivity index (χ0) is 23.4. The quantitative estimate of drug-likeness (QED) is 0.425. The Morgan fingerprint density at radius 1 is 1.30 bits per heavy atom. The van der Waals surface area contributed by atoms with Gasteiger partial charge in [-0.3, -0.25) is 13.9 Å². The highest BCUT2D eigenvalue weighted by atomic mass is 16.5. The maximum absolute atomic E-state index is 13.1. The molecule has 4 N–H and O–H groups in total. The number of fused-ring (bicyclic) bond motifs is 1. The molecule has 0 spiro atoms. The molecule has 0 fully saturated rings. The van der Waals surface area contributed by atoms with Crippen molar-refractivity contribution in [2.24, 2.45) is 0 Å². The van der Waals surface area contributed by atoms with Crippen LogP contribution in [0.15, 0.2) is 41.5 Å². The summed E-state index contributed by atoms with van der Waals surface area (Å²) in [6.07, 6.45) is 5.28. The van der Waals surface area contributed by atoms with Gasteiger partial charge < -0.3 is 20.9 Å². The second-order valence-corrected chi connectivity index (χ2v) is 8.00. The van der Waals surface area contributed by atoms with E-state index in [4.69, 9.17) is 10.5 Å². The summed E-state index contributed by atoms with van der Waals surface area (Å²) < 4.78 is 8.70. The van der Waals surface area contributed by atoms with Gasteiger partial charge in [0, 0.05) is 43.7 Å². The van der Waals surface area contributed by atoms with Crippen molar-refractivity contribution in [3.63, 3.8) is 0 Å². The molecule has 0 saturated heterocycles. The van der Waals surface area contributed by atoms with Crippen LogP contribution in [0.1, 0.15) is 42.6 Å². The zero-order valence-corrected chi connectivity index (χ0v) is 18.5. The summed E-state index contributed by atoms with van der Waals surface area (Å²) in [6.45, 7) is 3.74. The van der Waals surface area contributed by atoms with E-state index < -0.39 is 12.0 Å². The third-order valence-corrected chi connectivity index (χ3v) is 5.65. The molecule has 174 valence electrons. The second kappa shape index (κ2) is 9.76. The van der Waals surface area contributed by atoms with Crippen molar-refractivity contribution in [1.29, 1.82) is 0 Å². The summed E-state index contributed by atoms with van der Waals surface area (Å²) in [5.74, 6) is 0.676. The number of carbonyl (C=O) groups is 1. The molecule has 0 saturated carbocycles. The number of carboxylic acid groups (broad SMARTS) is 1. The van der Waals surface area contributed by atoms with E-state index in [0.29, 0.717) is 44.3 Å². The maximum Gasteiger partial charge on any atom is 0.328 e. The van der Waals surface area contributed by atoms with Crippen LogP contribution in [0.4, 0.5) is 11.8 Å². The topological polar surface area (TPSA) is 137 Å². The van der Waals surface area contributed by atoms with Crippen LogP contribution in [-0.2, 0) is 24.2 Å². The average molecular weight is 453 g/mol. The van der Waals surface area contributed by atoms with Crippen LogP contribution in [0.25, 0.3) is 0 Å². The van der Waals surface area contributed by atoms with Crippen molar-refractivity contribution >= 4 is 17.7 Å². The van der Waals surface area contributed by atoms with Crippen LogP contribution in [0.2, 0.25) is 0 Å². The number of hydrogen-bond donors (Lipinski definition) is 3. The van der Waals surface area contributed by atoms with E-state index >= 15 is 0 Å². The number of nitrogen functional groups attached to an aromatic ring is 1. The summed E-state index contributed by atoms with van der Waals surface area (Å²) >= 11 is 0. The lowest BCUT2D eigenvalue weighted by atomic mass is 10.0. The van der Waals surface area contributed by atoms with Crippen molar-refractivity contribution in [2.75, 3.05) is 24.2 Å². The molecule has 1 aromatic carbocycles. The average Bonchev–Trinajstić information content (AvgIpc) is 3.38. The number of nitrogens with one attached hydrogen (secondary N) is 1. The van der Waals surface area contributed by atoms with E-state index in [-0.39, 0.29) is 12.1 Å². The standard InChI is InChI=1S/C23H28N6O4/c1-2-25-22-26-17(13-20(24)27-22)4-3-8-28-9-10-29(23(28)32)18(14-21(30)31)16-6-5-15-7-11-33-19(15)12-16/h5-6,9-10,12-13,18H,2-4,7-8,11,14H2,1H3,(H,30,31)(H3,24,25,26,27)/t18-/m0/s1. The van der Waals surface area contributed by atoms with E-state index in [2.05, 4.69) is 15.3 Å². The van der Waals surface area contributed by atoms with Crippen LogP contribution >= 0.6 is 0 Å². The van der Waals surface area contributed by atoms with Crippen LogP contribution < -0.4 is 21.5 Å². The lowest BCUT2D eigenvalue weighted by Crippen LogP contribution is -2.29. The molecule has 0 bridgehead atoms. The number of rotatable bonds is 10. The minimum Gasteiger partial charge on any atom is -0.493 e. The molecule has 0 unspecified atom stereocenters. The Morgan fingerprint density at radius 3 is 2.94 bits per heavy atom. The fourth-order valence-corrected chi connectivity index (χ4v) is 4.08. The molecular formula is C23H28N6O4. The Balaban J connectivity index is 1.49. The Labute approximate surface area is 191 Å². The number of carboxylic acids is 1. The number of hydrogen-bond acceptors (Lipinski definition) is 7. The van der Waals surface area contributed by atoms with Crippen molar-refractivity contribution in [1.82, 2.24) is 19.1 Å². The largest absolute Gasteiger partial charge is 0.493 e. The van der Waals surface area contributed by atoms with Gasteiger partial charge in [-0.2, -0.15) is 4.98 Å². The normalized spacial score (nSPS) is 13.4. The van der Waals surface area contributed by atoms with Crippen molar-refractivity contribution in [3.8, 4) is 5.75 Å². The van der Waals surface area contributed by atoms with Gasteiger partial charge in [-0.25, -0.2) is 9.78 Å². The van der Waals surface area contributed by atoms with E-state index in [1.54, 1.807) is 23.0 Å². The van der Waals surface area contributed by atoms with E-state index in [0.717, 1.165) is 29.0 Å². The minimum absolute atomic E-state index is 0.198. The van der Waals surface area contributed by atoms with Gasteiger partial charge in [0.1, 0.15) is 11.6 Å². The van der Waals surface area contributed by atoms with Gasteiger partial charge in [0.15, 0.2) is 0 Å². The Morgan fingerprint density at radius 2 is 2.15 bits per heavy atom. The first-order chi connectivity index (χ1) is 15.9. The van der Waals surface area contributed by atoms with Gasteiger partial charge >= 0.3 is 11.7 Å².